The van der Waals surface area contributed by atoms with E-state index in [0.717, 1.165) is 24.7 Å². The molecule has 3 atom stereocenters. The Labute approximate surface area is 99.3 Å². The van der Waals surface area contributed by atoms with Crippen molar-refractivity contribution in [3.05, 3.63) is 23.8 Å². The summed E-state index contributed by atoms with van der Waals surface area (Å²) in [5.41, 5.74) is 3.10. The number of allylic oxidation sites excluding steroid dienone is 2. The van der Waals surface area contributed by atoms with Crippen molar-refractivity contribution in [2.45, 2.75) is 46.0 Å². The highest BCUT2D eigenvalue weighted by Gasteiger charge is 2.47. The average molecular weight is 220 g/mol. The summed E-state index contributed by atoms with van der Waals surface area (Å²) in [5.74, 6) is 1.54. The molecule has 1 fully saturated rings. The molecule has 0 heterocycles. The molecule has 90 valence electrons. The zero-order valence-corrected chi connectivity index (χ0v) is 10.6. The molecule has 0 aromatic rings. The van der Waals surface area contributed by atoms with Crippen LogP contribution < -0.4 is 0 Å². The van der Waals surface area contributed by atoms with E-state index in [1.54, 1.807) is 0 Å². The van der Waals surface area contributed by atoms with Crippen LogP contribution in [-0.4, -0.2) is 11.7 Å². The lowest BCUT2D eigenvalue weighted by atomic mass is 9.51. The molecule has 1 saturated carbocycles. The van der Waals surface area contributed by atoms with E-state index in [0.29, 0.717) is 5.41 Å². The predicted octanol–water partition coefficient (Wildman–Crippen LogP) is 3.70. The van der Waals surface area contributed by atoms with Crippen molar-refractivity contribution >= 4 is 0 Å². The first kappa shape index (κ1) is 11.9. The molecule has 2 rings (SSSR count). The number of aliphatic hydroxyl groups is 1. The summed E-state index contributed by atoms with van der Waals surface area (Å²) in [6.45, 7) is 9.02. The molecule has 2 aliphatic carbocycles. The Morgan fingerprint density at radius 1 is 1.56 bits per heavy atom. The molecule has 0 aromatic carbocycles. The van der Waals surface area contributed by atoms with E-state index in [-0.39, 0.29) is 6.61 Å². The van der Waals surface area contributed by atoms with Crippen LogP contribution in [0.4, 0.5) is 0 Å². The fraction of sp³-hybridized carbons (Fsp3) is 0.733. The molecule has 0 bridgehead atoms. The van der Waals surface area contributed by atoms with Gasteiger partial charge in [-0.05, 0) is 61.9 Å². The van der Waals surface area contributed by atoms with Crippen LogP contribution in [0.1, 0.15) is 46.0 Å². The molecule has 0 amide bonds. The summed E-state index contributed by atoms with van der Waals surface area (Å²) in [6, 6.07) is 0. The first-order chi connectivity index (χ1) is 7.58. The molecule has 16 heavy (non-hydrogen) atoms. The van der Waals surface area contributed by atoms with Gasteiger partial charge in [-0.15, -0.1) is 0 Å². The Morgan fingerprint density at radius 3 is 2.69 bits per heavy atom. The second-order valence-corrected chi connectivity index (χ2v) is 5.94. The highest BCUT2D eigenvalue weighted by Crippen LogP contribution is 2.57. The van der Waals surface area contributed by atoms with Crippen LogP contribution in [0, 0.1) is 17.3 Å². The van der Waals surface area contributed by atoms with Crippen LogP contribution in [-0.2, 0) is 0 Å². The Morgan fingerprint density at radius 2 is 2.31 bits per heavy atom. The minimum atomic E-state index is 0.257. The maximum absolute atomic E-state index is 9.11. The van der Waals surface area contributed by atoms with Gasteiger partial charge < -0.3 is 5.11 Å². The molecule has 0 saturated heterocycles. The van der Waals surface area contributed by atoms with Crippen LogP contribution in [0.25, 0.3) is 0 Å². The monoisotopic (exact) mass is 220 g/mol. The van der Waals surface area contributed by atoms with Gasteiger partial charge in [-0.1, -0.05) is 25.2 Å². The van der Waals surface area contributed by atoms with Gasteiger partial charge in [0, 0.05) is 0 Å². The lowest BCUT2D eigenvalue weighted by molar-refractivity contribution is 0.00309. The van der Waals surface area contributed by atoms with Crippen molar-refractivity contribution in [2.24, 2.45) is 17.3 Å². The Bertz CT molecular complexity index is 315. The topological polar surface area (TPSA) is 20.2 Å². The van der Waals surface area contributed by atoms with E-state index in [2.05, 4.69) is 26.5 Å². The number of aliphatic hydroxyl groups excluding tert-OH is 1. The third kappa shape index (κ3) is 1.86. The summed E-state index contributed by atoms with van der Waals surface area (Å²) < 4.78 is 0. The first-order valence-electron chi connectivity index (χ1n) is 6.52. The average Bonchev–Trinajstić information content (AvgIpc) is 2.26. The SMILES string of the molecule is C=C(C)[C@@H]1CC[C@@]1(C)[C@H]1CC=C(CO)CC1. The van der Waals surface area contributed by atoms with Gasteiger partial charge in [-0.2, -0.15) is 0 Å². The predicted molar refractivity (Wildman–Crippen MR) is 68.2 cm³/mol. The summed E-state index contributed by atoms with van der Waals surface area (Å²) in [5, 5.41) is 9.11. The van der Waals surface area contributed by atoms with E-state index in [9.17, 15) is 0 Å². The van der Waals surface area contributed by atoms with Crippen LogP contribution in [0.3, 0.4) is 0 Å². The number of hydrogen-bond acceptors (Lipinski definition) is 1. The normalized spacial score (nSPS) is 38.8. The van der Waals surface area contributed by atoms with Crippen LogP contribution in [0.15, 0.2) is 23.8 Å². The van der Waals surface area contributed by atoms with Crippen molar-refractivity contribution in [3.63, 3.8) is 0 Å². The Kier molecular flexibility index (Phi) is 3.25. The summed E-state index contributed by atoms with van der Waals surface area (Å²) >= 11 is 0. The molecule has 1 heteroatoms. The van der Waals surface area contributed by atoms with Crippen LogP contribution >= 0.6 is 0 Å². The molecule has 0 radical (unpaired) electrons. The molecule has 0 aliphatic heterocycles. The molecule has 0 spiro atoms. The number of hydrogen-bond donors (Lipinski definition) is 1. The van der Waals surface area contributed by atoms with Gasteiger partial charge in [0.1, 0.15) is 0 Å². The number of rotatable bonds is 3. The molecule has 1 N–H and O–H groups in total. The van der Waals surface area contributed by atoms with E-state index >= 15 is 0 Å². The lowest BCUT2D eigenvalue weighted by Gasteiger charge is -2.53. The van der Waals surface area contributed by atoms with Gasteiger partial charge in [0.05, 0.1) is 6.61 Å². The van der Waals surface area contributed by atoms with Crippen LogP contribution in [0.5, 0.6) is 0 Å². The van der Waals surface area contributed by atoms with Crippen molar-refractivity contribution in [1.82, 2.24) is 0 Å². The van der Waals surface area contributed by atoms with Gasteiger partial charge in [0.2, 0.25) is 0 Å². The zero-order valence-electron chi connectivity index (χ0n) is 10.6. The highest BCUT2D eigenvalue weighted by atomic mass is 16.3. The fourth-order valence-corrected chi connectivity index (χ4v) is 3.67. The fourth-order valence-electron chi connectivity index (χ4n) is 3.67. The third-order valence-corrected chi connectivity index (χ3v) is 5.00. The standard InChI is InChI=1S/C15H24O/c1-11(2)14-8-9-15(14,3)13-6-4-12(10-16)5-7-13/h4,13-14,16H,1,5-10H2,2-3H3/t13-,14-,15-/m0/s1. The zero-order chi connectivity index (χ0) is 11.8. The Hall–Kier alpha value is -0.560. The van der Waals surface area contributed by atoms with Gasteiger partial charge in [0.15, 0.2) is 0 Å². The van der Waals surface area contributed by atoms with Gasteiger partial charge in [-0.3, -0.25) is 0 Å². The van der Waals surface area contributed by atoms with E-state index < -0.39 is 0 Å². The highest BCUT2D eigenvalue weighted by molar-refractivity contribution is 5.15. The van der Waals surface area contributed by atoms with E-state index in [1.165, 1.54) is 30.4 Å². The van der Waals surface area contributed by atoms with E-state index in [1.807, 2.05) is 0 Å². The Balaban J connectivity index is 2.04. The minimum absolute atomic E-state index is 0.257. The minimum Gasteiger partial charge on any atom is -0.392 e. The van der Waals surface area contributed by atoms with E-state index in [4.69, 9.17) is 5.11 Å². The van der Waals surface area contributed by atoms with Gasteiger partial charge in [0.25, 0.3) is 0 Å². The van der Waals surface area contributed by atoms with Crippen molar-refractivity contribution < 1.29 is 5.11 Å². The molecular weight excluding hydrogens is 196 g/mol. The third-order valence-electron chi connectivity index (χ3n) is 5.00. The van der Waals surface area contributed by atoms with Crippen LogP contribution in [0.2, 0.25) is 0 Å². The quantitative estimate of drug-likeness (QED) is 0.719. The maximum atomic E-state index is 9.11. The van der Waals surface area contributed by atoms with Crippen molar-refractivity contribution in [3.8, 4) is 0 Å². The second kappa shape index (κ2) is 4.37. The molecule has 0 unspecified atom stereocenters. The lowest BCUT2D eigenvalue weighted by Crippen LogP contribution is -2.44. The largest absolute Gasteiger partial charge is 0.392 e. The summed E-state index contributed by atoms with van der Waals surface area (Å²) in [7, 11) is 0. The molecule has 0 aromatic heterocycles. The summed E-state index contributed by atoms with van der Waals surface area (Å²) in [4.78, 5) is 0. The molecule has 2 aliphatic rings. The van der Waals surface area contributed by atoms with Gasteiger partial charge >= 0.3 is 0 Å². The molecule has 1 nitrogen and oxygen atoms in total. The smallest absolute Gasteiger partial charge is 0.0641 e. The van der Waals surface area contributed by atoms with Crippen molar-refractivity contribution in [2.75, 3.05) is 6.61 Å². The maximum Gasteiger partial charge on any atom is 0.0641 e. The van der Waals surface area contributed by atoms with Crippen molar-refractivity contribution in [1.29, 1.82) is 0 Å². The second-order valence-electron chi connectivity index (χ2n) is 5.94. The van der Waals surface area contributed by atoms with Gasteiger partial charge in [-0.25, -0.2) is 0 Å². The molecular formula is C15H24O. The first-order valence-corrected chi connectivity index (χ1v) is 6.52. The summed E-state index contributed by atoms with van der Waals surface area (Å²) in [6.07, 6.45) is 8.48.